The van der Waals surface area contributed by atoms with Crippen molar-refractivity contribution in [3.05, 3.63) is 34.1 Å². The summed E-state index contributed by atoms with van der Waals surface area (Å²) in [5.41, 5.74) is 0.813. The summed E-state index contributed by atoms with van der Waals surface area (Å²) in [4.78, 5) is 0. The maximum Gasteiger partial charge on any atom is 0.127 e. The van der Waals surface area contributed by atoms with Crippen LogP contribution in [-0.2, 0) is 6.42 Å². The maximum absolute atomic E-state index is 14.0. The number of halogens is 2. The van der Waals surface area contributed by atoms with Crippen LogP contribution in [0.5, 0.6) is 0 Å². The number of thioether (sulfide) groups is 1. The van der Waals surface area contributed by atoms with Gasteiger partial charge in [-0.1, -0.05) is 48.2 Å². The monoisotopic (exact) mass is 373 g/mol. The summed E-state index contributed by atoms with van der Waals surface area (Å²) in [7, 11) is 0. The largest absolute Gasteiger partial charge is 0.313 e. The van der Waals surface area contributed by atoms with E-state index >= 15 is 0 Å². The van der Waals surface area contributed by atoms with Crippen LogP contribution in [0, 0.1) is 5.82 Å². The Morgan fingerprint density at radius 3 is 2.76 bits per heavy atom. The second-order valence-corrected chi connectivity index (χ2v) is 8.04. The number of rotatable bonds is 7. The molecule has 1 aliphatic rings. The normalized spacial score (nSPS) is 17.9. The number of hydrogen-bond acceptors (Lipinski definition) is 2. The minimum absolute atomic E-state index is 0.102. The molecule has 0 spiro atoms. The number of hydrogen-bond donors (Lipinski definition) is 1. The van der Waals surface area contributed by atoms with Gasteiger partial charge in [-0.25, -0.2) is 4.39 Å². The van der Waals surface area contributed by atoms with Gasteiger partial charge in [-0.2, -0.15) is 11.8 Å². The van der Waals surface area contributed by atoms with E-state index in [0.717, 1.165) is 34.0 Å². The van der Waals surface area contributed by atoms with Gasteiger partial charge < -0.3 is 5.32 Å². The van der Waals surface area contributed by atoms with Crippen molar-refractivity contribution in [2.75, 3.05) is 12.3 Å². The van der Waals surface area contributed by atoms with E-state index in [1.807, 2.05) is 12.1 Å². The molecule has 1 atom stereocenters. The van der Waals surface area contributed by atoms with E-state index in [1.54, 1.807) is 6.07 Å². The summed E-state index contributed by atoms with van der Waals surface area (Å²) in [5.74, 6) is 0.975. The molecule has 0 aromatic heterocycles. The molecule has 1 nitrogen and oxygen atoms in total. The Hall–Kier alpha value is -0.0600. The molecule has 4 heteroatoms. The lowest BCUT2D eigenvalue weighted by molar-refractivity contribution is 0.511. The third-order valence-electron chi connectivity index (χ3n) is 4.06. The van der Waals surface area contributed by atoms with Crippen LogP contribution < -0.4 is 5.32 Å². The highest BCUT2D eigenvalue weighted by Crippen LogP contribution is 2.29. The predicted octanol–water partition coefficient (Wildman–Crippen LogP) is 5.17. The first-order valence-corrected chi connectivity index (χ1v) is 9.82. The summed E-state index contributed by atoms with van der Waals surface area (Å²) >= 11 is 5.40. The fourth-order valence-corrected chi connectivity index (χ4v) is 4.66. The highest BCUT2D eigenvalue weighted by molar-refractivity contribution is 9.10. The van der Waals surface area contributed by atoms with E-state index in [9.17, 15) is 4.39 Å². The van der Waals surface area contributed by atoms with Gasteiger partial charge in [-0.3, -0.25) is 0 Å². The van der Waals surface area contributed by atoms with Gasteiger partial charge in [-0.15, -0.1) is 0 Å². The third kappa shape index (κ3) is 5.91. The third-order valence-corrected chi connectivity index (χ3v) is 6.09. The highest BCUT2D eigenvalue weighted by Gasteiger charge is 2.17. The molecule has 1 aliphatic carbocycles. The van der Waals surface area contributed by atoms with Crippen molar-refractivity contribution in [1.29, 1.82) is 0 Å². The average Bonchev–Trinajstić information content (AvgIpc) is 2.49. The van der Waals surface area contributed by atoms with Crippen LogP contribution in [0.2, 0.25) is 0 Å². The second-order valence-electron chi connectivity index (χ2n) is 5.79. The lowest BCUT2D eigenvalue weighted by Gasteiger charge is -2.24. The summed E-state index contributed by atoms with van der Waals surface area (Å²) in [6.45, 7) is 3.06. The van der Waals surface area contributed by atoms with Gasteiger partial charge in [0.15, 0.2) is 0 Å². The Balaban J connectivity index is 1.88. The summed E-state index contributed by atoms with van der Waals surface area (Å²) in [5, 5.41) is 4.33. The molecule has 1 N–H and O–H groups in total. The van der Waals surface area contributed by atoms with E-state index in [0.29, 0.717) is 6.04 Å². The van der Waals surface area contributed by atoms with Crippen molar-refractivity contribution >= 4 is 27.7 Å². The molecule has 0 radical (unpaired) electrons. The fourth-order valence-electron chi connectivity index (χ4n) is 2.92. The lowest BCUT2D eigenvalue weighted by atomic mass is 10.0. The van der Waals surface area contributed by atoms with Gasteiger partial charge >= 0.3 is 0 Å². The summed E-state index contributed by atoms with van der Waals surface area (Å²) in [6.07, 6.45) is 7.65. The molecule has 0 amide bonds. The van der Waals surface area contributed by atoms with Crippen molar-refractivity contribution in [2.24, 2.45) is 0 Å². The van der Waals surface area contributed by atoms with Gasteiger partial charge in [-0.05, 0) is 43.5 Å². The van der Waals surface area contributed by atoms with Crippen LogP contribution >= 0.6 is 27.7 Å². The Morgan fingerprint density at radius 2 is 2.10 bits per heavy atom. The fraction of sp³-hybridized carbons (Fsp3) is 0.647. The Bertz CT molecular complexity index is 435. The molecule has 118 valence electrons. The van der Waals surface area contributed by atoms with Crippen LogP contribution in [0.4, 0.5) is 4.39 Å². The SMILES string of the molecule is CCNC(CSC1CCCCC1)Cc1ccc(Br)cc1F. The minimum Gasteiger partial charge on any atom is -0.313 e. The first-order chi connectivity index (χ1) is 10.2. The molecular weight excluding hydrogens is 349 g/mol. The van der Waals surface area contributed by atoms with Crippen molar-refractivity contribution in [3.63, 3.8) is 0 Å². The quantitative estimate of drug-likeness (QED) is 0.706. The smallest absolute Gasteiger partial charge is 0.127 e. The van der Waals surface area contributed by atoms with E-state index in [2.05, 4.69) is 39.9 Å². The van der Waals surface area contributed by atoms with E-state index in [-0.39, 0.29) is 5.82 Å². The second kappa shape index (κ2) is 9.16. The molecule has 0 saturated heterocycles. The topological polar surface area (TPSA) is 12.0 Å². The van der Waals surface area contributed by atoms with Crippen molar-refractivity contribution in [3.8, 4) is 0 Å². The van der Waals surface area contributed by atoms with E-state index in [4.69, 9.17) is 0 Å². The first-order valence-electron chi connectivity index (χ1n) is 7.98. The summed E-state index contributed by atoms with van der Waals surface area (Å²) < 4.78 is 14.8. The molecule has 0 heterocycles. The van der Waals surface area contributed by atoms with Crippen LogP contribution in [0.15, 0.2) is 22.7 Å². The number of likely N-dealkylation sites (N-methyl/N-ethyl adjacent to an activating group) is 1. The zero-order valence-corrected chi connectivity index (χ0v) is 15.1. The van der Waals surface area contributed by atoms with Gasteiger partial charge in [0.05, 0.1) is 0 Å². The van der Waals surface area contributed by atoms with Gasteiger partial charge in [0.25, 0.3) is 0 Å². The van der Waals surface area contributed by atoms with Gasteiger partial charge in [0.1, 0.15) is 5.82 Å². The highest BCUT2D eigenvalue weighted by atomic mass is 79.9. The molecule has 21 heavy (non-hydrogen) atoms. The van der Waals surface area contributed by atoms with Crippen LogP contribution in [0.3, 0.4) is 0 Å². The standard InChI is InChI=1S/C17H25BrFNS/c1-2-20-15(12-21-16-6-4-3-5-7-16)10-13-8-9-14(18)11-17(13)19/h8-9,11,15-16,20H,2-7,10,12H2,1H3. The lowest BCUT2D eigenvalue weighted by Crippen LogP contribution is -2.34. The van der Waals surface area contributed by atoms with Gasteiger partial charge in [0, 0.05) is 21.5 Å². The predicted molar refractivity (Wildman–Crippen MR) is 94.6 cm³/mol. The minimum atomic E-state index is -0.102. The van der Waals surface area contributed by atoms with Crippen molar-refractivity contribution < 1.29 is 4.39 Å². The van der Waals surface area contributed by atoms with Crippen LogP contribution in [0.1, 0.15) is 44.6 Å². The molecule has 1 unspecified atom stereocenters. The Labute approximate surface area is 140 Å². The number of nitrogens with one attached hydrogen (secondary N) is 1. The molecule has 0 aliphatic heterocycles. The molecule has 1 aromatic carbocycles. The molecule has 2 rings (SSSR count). The Morgan fingerprint density at radius 1 is 1.33 bits per heavy atom. The van der Waals surface area contributed by atoms with Gasteiger partial charge in [0.2, 0.25) is 0 Å². The maximum atomic E-state index is 14.0. The molecule has 0 bridgehead atoms. The zero-order chi connectivity index (χ0) is 15.1. The van der Waals surface area contributed by atoms with Crippen molar-refractivity contribution in [1.82, 2.24) is 5.32 Å². The molecular formula is C17H25BrFNS. The molecule has 1 aromatic rings. The Kier molecular flexibility index (Phi) is 7.55. The summed E-state index contributed by atoms with van der Waals surface area (Å²) in [6, 6.07) is 5.75. The van der Waals surface area contributed by atoms with E-state index in [1.165, 1.54) is 32.1 Å². The number of benzene rings is 1. The molecule has 1 saturated carbocycles. The average molecular weight is 374 g/mol. The van der Waals surface area contributed by atoms with Crippen LogP contribution in [-0.4, -0.2) is 23.6 Å². The molecule has 1 fully saturated rings. The van der Waals surface area contributed by atoms with Crippen LogP contribution in [0.25, 0.3) is 0 Å². The van der Waals surface area contributed by atoms with E-state index < -0.39 is 0 Å². The first kappa shape index (κ1) is 17.3. The van der Waals surface area contributed by atoms with Crippen molar-refractivity contribution in [2.45, 2.75) is 56.7 Å². The zero-order valence-electron chi connectivity index (χ0n) is 12.7.